The van der Waals surface area contributed by atoms with Crippen molar-refractivity contribution in [3.8, 4) is 0 Å². The first kappa shape index (κ1) is 8.16. The molecule has 1 aliphatic heterocycles. The Bertz CT molecular complexity index is 181. The third-order valence-electron chi connectivity index (χ3n) is 1.50. The Kier molecular flexibility index (Phi) is 2.56. The van der Waals surface area contributed by atoms with E-state index >= 15 is 0 Å². The van der Waals surface area contributed by atoms with E-state index in [1.165, 1.54) is 0 Å². The summed E-state index contributed by atoms with van der Waals surface area (Å²) >= 11 is 0. The molecule has 1 rings (SSSR count). The summed E-state index contributed by atoms with van der Waals surface area (Å²) < 4.78 is 0. The van der Waals surface area contributed by atoms with Crippen molar-refractivity contribution in [1.82, 2.24) is 10.6 Å². The van der Waals surface area contributed by atoms with E-state index in [2.05, 4.69) is 10.6 Å². The molecule has 5 heteroatoms. The van der Waals surface area contributed by atoms with Crippen LogP contribution < -0.4 is 16.4 Å². The van der Waals surface area contributed by atoms with E-state index in [-0.39, 0.29) is 24.3 Å². The number of hydrogen-bond donors (Lipinski definition) is 3. The Labute approximate surface area is 64.3 Å². The smallest absolute Gasteiger partial charge is 0.244 e. The summed E-state index contributed by atoms with van der Waals surface area (Å²) in [7, 11) is 0. The summed E-state index contributed by atoms with van der Waals surface area (Å²) in [6, 6.07) is -0.369. The second-order valence-electron chi connectivity index (χ2n) is 2.41. The van der Waals surface area contributed by atoms with Gasteiger partial charge in [0.1, 0.15) is 0 Å². The highest BCUT2D eigenvalue weighted by atomic mass is 16.2. The van der Waals surface area contributed by atoms with Gasteiger partial charge >= 0.3 is 0 Å². The molecule has 62 valence electrons. The van der Waals surface area contributed by atoms with Crippen molar-refractivity contribution in [2.45, 2.75) is 12.5 Å². The van der Waals surface area contributed by atoms with Gasteiger partial charge in [0.05, 0.1) is 12.5 Å². The van der Waals surface area contributed by atoms with Crippen molar-refractivity contribution in [2.24, 2.45) is 5.73 Å². The maximum atomic E-state index is 10.9. The van der Waals surface area contributed by atoms with E-state index in [0.717, 1.165) is 0 Å². The molecule has 0 aliphatic carbocycles. The molecule has 1 fully saturated rings. The van der Waals surface area contributed by atoms with Crippen LogP contribution in [0.1, 0.15) is 6.42 Å². The Morgan fingerprint density at radius 1 is 1.64 bits per heavy atom. The van der Waals surface area contributed by atoms with Crippen LogP contribution in [0, 0.1) is 0 Å². The zero-order valence-electron chi connectivity index (χ0n) is 6.09. The molecule has 0 spiro atoms. The summed E-state index contributed by atoms with van der Waals surface area (Å²) in [5.74, 6) is -0.465. The molecule has 1 heterocycles. The van der Waals surface area contributed by atoms with Gasteiger partial charge in [0.2, 0.25) is 11.8 Å². The zero-order valence-corrected chi connectivity index (χ0v) is 6.09. The highest BCUT2D eigenvalue weighted by Crippen LogP contribution is 1.99. The van der Waals surface area contributed by atoms with Gasteiger partial charge in [0.15, 0.2) is 0 Å². The van der Waals surface area contributed by atoms with Crippen molar-refractivity contribution in [3.63, 3.8) is 0 Å². The van der Waals surface area contributed by atoms with E-state index in [9.17, 15) is 9.59 Å². The molecule has 0 saturated carbocycles. The number of nitrogens with two attached hydrogens (primary N) is 1. The number of nitrogens with one attached hydrogen (secondary N) is 2. The molecule has 11 heavy (non-hydrogen) atoms. The Balaban J connectivity index is 2.34. The topological polar surface area (TPSA) is 84.2 Å². The van der Waals surface area contributed by atoms with Gasteiger partial charge in [-0.1, -0.05) is 0 Å². The third-order valence-corrected chi connectivity index (χ3v) is 1.50. The number of carbonyl (C=O) groups is 2. The number of carbonyl (C=O) groups excluding carboxylic acids is 2. The predicted octanol–water partition coefficient (Wildman–Crippen LogP) is -2.05. The van der Waals surface area contributed by atoms with E-state index in [1.54, 1.807) is 0 Å². The Morgan fingerprint density at radius 2 is 2.36 bits per heavy atom. The van der Waals surface area contributed by atoms with Gasteiger partial charge in [0.25, 0.3) is 0 Å². The summed E-state index contributed by atoms with van der Waals surface area (Å²) in [4.78, 5) is 21.5. The summed E-state index contributed by atoms with van der Waals surface area (Å²) in [5.41, 5.74) is 5.21. The third kappa shape index (κ3) is 1.99. The first-order valence-corrected chi connectivity index (χ1v) is 3.51. The van der Waals surface area contributed by atoms with Crippen molar-refractivity contribution >= 4 is 11.8 Å². The molecular formula is C6H11N3O2. The fraction of sp³-hybridized carbons (Fsp3) is 0.667. The molecule has 0 aromatic rings. The second kappa shape index (κ2) is 3.45. The molecule has 4 N–H and O–H groups in total. The summed E-state index contributed by atoms with van der Waals surface area (Å²) in [6.07, 6.45) is 0.235. The van der Waals surface area contributed by atoms with Crippen LogP contribution in [0.4, 0.5) is 0 Å². The van der Waals surface area contributed by atoms with Gasteiger partial charge in [-0.2, -0.15) is 0 Å². The zero-order chi connectivity index (χ0) is 8.27. The molecule has 0 aromatic heterocycles. The van der Waals surface area contributed by atoms with E-state index in [4.69, 9.17) is 5.73 Å². The lowest BCUT2D eigenvalue weighted by Gasteiger charge is -2.05. The van der Waals surface area contributed by atoms with Crippen molar-refractivity contribution in [2.75, 3.05) is 13.1 Å². The minimum Gasteiger partial charge on any atom is -0.329 e. The number of imide groups is 1. The van der Waals surface area contributed by atoms with Gasteiger partial charge in [-0.3, -0.25) is 14.9 Å². The van der Waals surface area contributed by atoms with Crippen LogP contribution >= 0.6 is 0 Å². The van der Waals surface area contributed by atoms with Crippen LogP contribution in [0.25, 0.3) is 0 Å². The quantitative estimate of drug-likeness (QED) is 0.412. The van der Waals surface area contributed by atoms with Crippen molar-refractivity contribution in [1.29, 1.82) is 0 Å². The van der Waals surface area contributed by atoms with Gasteiger partial charge in [-0.25, -0.2) is 0 Å². The summed E-state index contributed by atoms with van der Waals surface area (Å²) in [6.45, 7) is 1.03. The number of amides is 2. The molecule has 1 saturated heterocycles. The molecular weight excluding hydrogens is 146 g/mol. The van der Waals surface area contributed by atoms with Gasteiger partial charge in [-0.05, 0) is 0 Å². The molecule has 0 radical (unpaired) electrons. The average Bonchev–Trinajstić information content (AvgIpc) is 2.26. The van der Waals surface area contributed by atoms with Crippen molar-refractivity contribution in [3.05, 3.63) is 0 Å². The SMILES string of the molecule is NCCNC1CC(=O)NC1=O. The fourth-order valence-electron chi connectivity index (χ4n) is 0.976. The normalized spacial score (nSPS) is 23.9. The lowest BCUT2D eigenvalue weighted by Crippen LogP contribution is -2.38. The molecule has 0 aromatic carbocycles. The van der Waals surface area contributed by atoms with Crippen molar-refractivity contribution < 1.29 is 9.59 Å². The molecule has 1 aliphatic rings. The Hall–Kier alpha value is -0.940. The van der Waals surface area contributed by atoms with Gasteiger partial charge < -0.3 is 11.1 Å². The first-order chi connectivity index (χ1) is 5.24. The summed E-state index contributed by atoms with van der Waals surface area (Å²) in [5, 5.41) is 5.05. The number of hydrogen-bond acceptors (Lipinski definition) is 4. The minimum absolute atomic E-state index is 0.218. The van der Waals surface area contributed by atoms with E-state index < -0.39 is 0 Å². The van der Waals surface area contributed by atoms with Crippen LogP contribution in [0.2, 0.25) is 0 Å². The molecule has 2 amide bonds. The predicted molar refractivity (Wildman–Crippen MR) is 38.6 cm³/mol. The second-order valence-corrected chi connectivity index (χ2v) is 2.41. The Morgan fingerprint density at radius 3 is 2.82 bits per heavy atom. The lowest BCUT2D eigenvalue weighted by molar-refractivity contribution is -0.125. The van der Waals surface area contributed by atoms with E-state index in [0.29, 0.717) is 13.1 Å². The lowest BCUT2D eigenvalue weighted by atomic mass is 10.2. The van der Waals surface area contributed by atoms with E-state index in [1.807, 2.05) is 0 Å². The standard InChI is InChI=1S/C6H11N3O2/c7-1-2-8-4-3-5(10)9-6(4)11/h4,8H,1-3,7H2,(H,9,10,11). The van der Waals surface area contributed by atoms with Crippen LogP contribution in [0.3, 0.4) is 0 Å². The molecule has 1 unspecified atom stereocenters. The van der Waals surface area contributed by atoms with Crippen LogP contribution in [0.5, 0.6) is 0 Å². The number of rotatable bonds is 3. The minimum atomic E-state index is -0.369. The van der Waals surface area contributed by atoms with Crippen LogP contribution in [-0.4, -0.2) is 30.9 Å². The highest BCUT2D eigenvalue weighted by molar-refractivity contribution is 6.05. The molecule has 5 nitrogen and oxygen atoms in total. The maximum Gasteiger partial charge on any atom is 0.244 e. The highest BCUT2D eigenvalue weighted by Gasteiger charge is 2.29. The monoisotopic (exact) mass is 157 g/mol. The first-order valence-electron chi connectivity index (χ1n) is 3.51. The van der Waals surface area contributed by atoms with Gasteiger partial charge in [-0.15, -0.1) is 0 Å². The maximum absolute atomic E-state index is 10.9. The van der Waals surface area contributed by atoms with Gasteiger partial charge in [0, 0.05) is 13.1 Å². The average molecular weight is 157 g/mol. The van der Waals surface area contributed by atoms with Crippen LogP contribution in [0.15, 0.2) is 0 Å². The van der Waals surface area contributed by atoms with Crippen LogP contribution in [-0.2, 0) is 9.59 Å². The molecule has 1 atom stereocenters. The molecule has 0 bridgehead atoms. The fourth-order valence-corrected chi connectivity index (χ4v) is 0.976. The largest absolute Gasteiger partial charge is 0.329 e.